The second kappa shape index (κ2) is 5.46. The molecular formula is C15H22N6. The molecule has 1 fully saturated rings. The topological polar surface area (TPSA) is 70.3 Å². The van der Waals surface area contributed by atoms with Gasteiger partial charge in [0, 0.05) is 30.6 Å². The van der Waals surface area contributed by atoms with E-state index in [4.69, 9.17) is 5.84 Å². The molecule has 21 heavy (non-hydrogen) atoms. The number of rotatable bonds is 2. The number of fused-ring (bicyclic) bond motifs is 1. The number of aromatic nitrogens is 2. The molecule has 2 unspecified atom stereocenters. The number of benzene rings is 1. The normalized spacial score (nSPS) is 23.5. The fourth-order valence-corrected chi connectivity index (χ4v) is 2.94. The Morgan fingerprint density at radius 3 is 2.48 bits per heavy atom. The zero-order valence-electron chi connectivity index (χ0n) is 12.7. The predicted molar refractivity (Wildman–Crippen MR) is 86.2 cm³/mol. The zero-order valence-corrected chi connectivity index (χ0v) is 12.7. The first-order valence-corrected chi connectivity index (χ1v) is 7.30. The lowest BCUT2D eigenvalue weighted by Gasteiger charge is -2.43. The predicted octanol–water partition coefficient (Wildman–Crippen LogP) is 1.44. The molecule has 3 N–H and O–H groups in total. The van der Waals surface area contributed by atoms with E-state index >= 15 is 0 Å². The van der Waals surface area contributed by atoms with E-state index in [1.807, 2.05) is 18.2 Å². The summed E-state index contributed by atoms with van der Waals surface area (Å²) in [6.07, 6.45) is 0. The van der Waals surface area contributed by atoms with Crippen molar-refractivity contribution in [2.45, 2.75) is 25.9 Å². The quantitative estimate of drug-likeness (QED) is 0.643. The largest absolute Gasteiger partial charge is 0.353 e. The highest BCUT2D eigenvalue weighted by molar-refractivity contribution is 5.90. The third-order valence-corrected chi connectivity index (χ3v) is 4.37. The van der Waals surface area contributed by atoms with E-state index in [2.05, 4.69) is 52.2 Å². The summed E-state index contributed by atoms with van der Waals surface area (Å²) in [6.45, 7) is 6.39. The highest BCUT2D eigenvalue weighted by Crippen LogP contribution is 2.28. The van der Waals surface area contributed by atoms with Gasteiger partial charge in [0.05, 0.1) is 5.52 Å². The molecule has 2 atom stereocenters. The zero-order chi connectivity index (χ0) is 15.0. The summed E-state index contributed by atoms with van der Waals surface area (Å²) in [5.41, 5.74) is 3.48. The molecule has 6 heteroatoms. The number of hydrazine groups is 1. The maximum atomic E-state index is 5.51. The van der Waals surface area contributed by atoms with Crippen molar-refractivity contribution in [1.29, 1.82) is 0 Å². The summed E-state index contributed by atoms with van der Waals surface area (Å²) in [5.74, 6) is 6.93. The minimum atomic E-state index is 0.461. The average Bonchev–Trinajstić information content (AvgIpc) is 2.51. The Morgan fingerprint density at radius 2 is 1.81 bits per heavy atom. The van der Waals surface area contributed by atoms with Crippen molar-refractivity contribution >= 4 is 22.7 Å². The van der Waals surface area contributed by atoms with Crippen LogP contribution < -0.4 is 16.2 Å². The van der Waals surface area contributed by atoms with Gasteiger partial charge in [-0.1, -0.05) is 12.1 Å². The molecule has 112 valence electrons. The van der Waals surface area contributed by atoms with E-state index in [-0.39, 0.29) is 0 Å². The Labute approximate surface area is 124 Å². The number of likely N-dealkylation sites (N-methyl/N-ethyl adjacent to an activating group) is 1. The van der Waals surface area contributed by atoms with Gasteiger partial charge in [-0.2, -0.15) is 4.98 Å². The molecule has 0 bridgehead atoms. The van der Waals surface area contributed by atoms with Crippen LogP contribution in [-0.4, -0.2) is 47.1 Å². The summed E-state index contributed by atoms with van der Waals surface area (Å²) in [6, 6.07) is 9.03. The molecule has 1 aliphatic heterocycles. The van der Waals surface area contributed by atoms with E-state index < -0.39 is 0 Å². The second-order valence-electron chi connectivity index (χ2n) is 5.80. The van der Waals surface area contributed by atoms with Gasteiger partial charge >= 0.3 is 0 Å². The molecule has 2 heterocycles. The number of nitrogens with zero attached hydrogens (tertiary/aromatic N) is 4. The molecule has 0 saturated carbocycles. The molecule has 1 saturated heterocycles. The first kappa shape index (κ1) is 14.0. The molecular weight excluding hydrogens is 264 g/mol. The standard InChI is InChI=1S/C15H22N6/c1-10-8-21(9-11(2)20(10)3)14-12-6-4-5-7-13(12)17-15(18-14)19-16/h4-7,10-11H,8-9,16H2,1-3H3,(H,17,18,19). The number of hydrogen-bond donors (Lipinski definition) is 2. The monoisotopic (exact) mass is 286 g/mol. The van der Waals surface area contributed by atoms with Crippen LogP contribution in [0.25, 0.3) is 10.9 Å². The van der Waals surface area contributed by atoms with E-state index in [0.29, 0.717) is 18.0 Å². The second-order valence-corrected chi connectivity index (χ2v) is 5.80. The highest BCUT2D eigenvalue weighted by atomic mass is 15.3. The Bertz CT molecular complexity index is 631. The van der Waals surface area contributed by atoms with Crippen molar-refractivity contribution < 1.29 is 0 Å². The van der Waals surface area contributed by atoms with Crippen molar-refractivity contribution in [1.82, 2.24) is 14.9 Å². The Morgan fingerprint density at radius 1 is 1.14 bits per heavy atom. The number of nitrogens with two attached hydrogens (primary N) is 1. The molecule has 1 aromatic carbocycles. The van der Waals surface area contributed by atoms with Crippen LogP contribution in [0.4, 0.5) is 11.8 Å². The summed E-state index contributed by atoms with van der Waals surface area (Å²) < 4.78 is 0. The molecule has 1 aliphatic rings. The molecule has 3 rings (SSSR count). The molecule has 0 amide bonds. The summed E-state index contributed by atoms with van der Waals surface area (Å²) >= 11 is 0. The van der Waals surface area contributed by atoms with E-state index in [9.17, 15) is 0 Å². The van der Waals surface area contributed by atoms with Crippen molar-refractivity contribution in [3.05, 3.63) is 24.3 Å². The maximum Gasteiger partial charge on any atom is 0.239 e. The Kier molecular flexibility index (Phi) is 3.65. The van der Waals surface area contributed by atoms with Gasteiger partial charge in [-0.25, -0.2) is 10.8 Å². The highest BCUT2D eigenvalue weighted by Gasteiger charge is 2.28. The van der Waals surface area contributed by atoms with Gasteiger partial charge in [-0.15, -0.1) is 0 Å². The van der Waals surface area contributed by atoms with Gasteiger partial charge in [0.1, 0.15) is 5.82 Å². The smallest absolute Gasteiger partial charge is 0.239 e. The summed E-state index contributed by atoms with van der Waals surface area (Å²) in [7, 11) is 2.18. The van der Waals surface area contributed by atoms with Crippen LogP contribution in [0, 0.1) is 0 Å². The van der Waals surface area contributed by atoms with Gasteiger partial charge in [0.2, 0.25) is 5.95 Å². The lowest BCUT2D eigenvalue weighted by molar-refractivity contribution is 0.170. The number of hydrogen-bond acceptors (Lipinski definition) is 6. The van der Waals surface area contributed by atoms with Gasteiger partial charge in [0.25, 0.3) is 0 Å². The van der Waals surface area contributed by atoms with Gasteiger partial charge < -0.3 is 4.90 Å². The minimum Gasteiger partial charge on any atom is -0.353 e. The summed E-state index contributed by atoms with van der Waals surface area (Å²) in [5, 5.41) is 1.07. The van der Waals surface area contributed by atoms with Crippen LogP contribution in [0.1, 0.15) is 13.8 Å². The minimum absolute atomic E-state index is 0.461. The number of anilines is 2. The molecule has 1 aromatic heterocycles. The lowest BCUT2D eigenvalue weighted by atomic mass is 10.1. The van der Waals surface area contributed by atoms with Crippen molar-refractivity contribution in [2.75, 3.05) is 30.5 Å². The van der Waals surface area contributed by atoms with Crippen LogP contribution in [0.15, 0.2) is 24.3 Å². The number of nitrogen functional groups attached to an aromatic ring is 1. The third kappa shape index (κ3) is 2.52. The van der Waals surface area contributed by atoms with Crippen LogP contribution >= 0.6 is 0 Å². The maximum absolute atomic E-state index is 5.51. The Balaban J connectivity index is 2.07. The van der Waals surface area contributed by atoms with Crippen LogP contribution in [-0.2, 0) is 0 Å². The summed E-state index contributed by atoms with van der Waals surface area (Å²) in [4.78, 5) is 13.8. The first-order valence-electron chi connectivity index (χ1n) is 7.30. The molecule has 0 spiro atoms. The van der Waals surface area contributed by atoms with E-state index in [0.717, 1.165) is 29.8 Å². The van der Waals surface area contributed by atoms with Crippen LogP contribution in [0.2, 0.25) is 0 Å². The SMILES string of the molecule is CC1CN(c2nc(NN)nc3ccccc23)CC(C)N1C. The first-order chi connectivity index (χ1) is 10.1. The van der Waals surface area contributed by atoms with Crippen LogP contribution in [0.5, 0.6) is 0 Å². The molecule has 0 aliphatic carbocycles. The number of nitrogens with one attached hydrogen (secondary N) is 1. The van der Waals surface area contributed by atoms with E-state index in [1.54, 1.807) is 0 Å². The fraction of sp³-hybridized carbons (Fsp3) is 0.467. The van der Waals surface area contributed by atoms with Crippen molar-refractivity contribution in [3.8, 4) is 0 Å². The van der Waals surface area contributed by atoms with Crippen molar-refractivity contribution in [2.24, 2.45) is 5.84 Å². The lowest BCUT2D eigenvalue weighted by Crippen LogP contribution is -2.55. The Hall–Kier alpha value is -1.92. The van der Waals surface area contributed by atoms with Gasteiger partial charge in [-0.05, 0) is 33.0 Å². The number of para-hydroxylation sites is 1. The van der Waals surface area contributed by atoms with E-state index in [1.165, 1.54) is 0 Å². The molecule has 2 aromatic rings. The third-order valence-electron chi connectivity index (χ3n) is 4.37. The average molecular weight is 286 g/mol. The number of piperazine rings is 1. The van der Waals surface area contributed by atoms with Gasteiger partial charge in [0.15, 0.2) is 0 Å². The van der Waals surface area contributed by atoms with Crippen LogP contribution in [0.3, 0.4) is 0 Å². The van der Waals surface area contributed by atoms with Gasteiger partial charge in [-0.3, -0.25) is 10.3 Å². The fourth-order valence-electron chi connectivity index (χ4n) is 2.94. The van der Waals surface area contributed by atoms with Crippen molar-refractivity contribution in [3.63, 3.8) is 0 Å². The molecule has 6 nitrogen and oxygen atoms in total. The molecule has 0 radical (unpaired) electrons.